The van der Waals surface area contributed by atoms with Crippen molar-refractivity contribution in [1.29, 1.82) is 0 Å². The molecule has 0 unspecified atom stereocenters. The number of alkyl halides is 3. The third-order valence-electron chi connectivity index (χ3n) is 4.16. The minimum Gasteiger partial charge on any atom is -0.354 e. The number of rotatable bonds is 5. The van der Waals surface area contributed by atoms with E-state index in [0.717, 1.165) is 12.1 Å². The summed E-state index contributed by atoms with van der Waals surface area (Å²) in [4.78, 5) is 28.6. The van der Waals surface area contributed by atoms with Crippen molar-refractivity contribution in [3.8, 4) is 0 Å². The number of carbonyl (C=O) groups is 2. The number of anilines is 2. The molecule has 3 rings (SSSR count). The van der Waals surface area contributed by atoms with Crippen LogP contribution in [0, 0.1) is 0 Å². The molecular formula is C21H17F3N4O2. The number of halogens is 3. The highest BCUT2D eigenvalue weighted by molar-refractivity contribution is 5.96. The van der Waals surface area contributed by atoms with Gasteiger partial charge in [-0.2, -0.15) is 13.2 Å². The smallest absolute Gasteiger partial charge is 0.354 e. The largest absolute Gasteiger partial charge is 0.416 e. The van der Waals surface area contributed by atoms with Crippen molar-refractivity contribution in [1.82, 2.24) is 15.7 Å². The number of nitrogens with one attached hydrogen (secondary N) is 2. The van der Waals surface area contributed by atoms with Crippen LogP contribution in [0.5, 0.6) is 0 Å². The van der Waals surface area contributed by atoms with Crippen LogP contribution < -0.4 is 15.8 Å². The summed E-state index contributed by atoms with van der Waals surface area (Å²) in [5.74, 6) is -0.924. The van der Waals surface area contributed by atoms with Crippen molar-refractivity contribution in [3.05, 3.63) is 89.7 Å². The monoisotopic (exact) mass is 414 g/mol. The molecule has 2 amide bonds. The van der Waals surface area contributed by atoms with Crippen molar-refractivity contribution in [2.75, 3.05) is 12.1 Å². The van der Waals surface area contributed by atoms with Crippen LogP contribution in [0.25, 0.3) is 0 Å². The third-order valence-corrected chi connectivity index (χ3v) is 4.16. The lowest BCUT2D eigenvalue weighted by Gasteiger charge is -2.26. The number of hydrazine groups is 1. The molecule has 0 aliphatic rings. The Morgan fingerprint density at radius 1 is 0.900 bits per heavy atom. The molecule has 0 saturated heterocycles. The average Bonchev–Trinajstić information content (AvgIpc) is 2.77. The van der Waals surface area contributed by atoms with Crippen LogP contribution in [0.4, 0.5) is 24.5 Å². The van der Waals surface area contributed by atoms with Gasteiger partial charge in [-0.15, -0.1) is 0 Å². The summed E-state index contributed by atoms with van der Waals surface area (Å²) in [7, 11) is 1.45. The highest BCUT2D eigenvalue weighted by atomic mass is 19.4. The van der Waals surface area contributed by atoms with E-state index in [0.29, 0.717) is 11.3 Å². The summed E-state index contributed by atoms with van der Waals surface area (Å²) in [6.45, 7) is 0. The van der Waals surface area contributed by atoms with E-state index in [1.807, 2.05) is 0 Å². The Morgan fingerprint density at radius 3 is 2.17 bits per heavy atom. The van der Waals surface area contributed by atoms with Crippen LogP contribution in [0.3, 0.4) is 0 Å². The second-order valence-electron chi connectivity index (χ2n) is 6.17. The van der Waals surface area contributed by atoms with Crippen LogP contribution in [0.2, 0.25) is 0 Å². The maximum Gasteiger partial charge on any atom is 0.416 e. The molecule has 2 N–H and O–H groups in total. The molecule has 0 aliphatic heterocycles. The van der Waals surface area contributed by atoms with Gasteiger partial charge >= 0.3 is 6.18 Å². The number of aromatic nitrogens is 1. The van der Waals surface area contributed by atoms with Gasteiger partial charge in [0.05, 0.1) is 16.9 Å². The predicted molar refractivity (Wildman–Crippen MR) is 105 cm³/mol. The SMILES string of the molecule is CNC(=O)c1cc(N(NC(=O)c2ccccc2)c2ccc(C(F)(F)F)cc2)ccn1. The van der Waals surface area contributed by atoms with E-state index in [-0.39, 0.29) is 11.4 Å². The molecule has 0 bridgehead atoms. The van der Waals surface area contributed by atoms with Gasteiger partial charge in [-0.05, 0) is 48.5 Å². The number of hydrogen-bond donors (Lipinski definition) is 2. The Balaban J connectivity index is 2.01. The topological polar surface area (TPSA) is 74.3 Å². The molecular weight excluding hydrogens is 397 g/mol. The lowest BCUT2D eigenvalue weighted by atomic mass is 10.2. The van der Waals surface area contributed by atoms with E-state index in [1.54, 1.807) is 30.3 Å². The molecule has 1 aromatic heterocycles. The van der Waals surface area contributed by atoms with Crippen LogP contribution in [-0.2, 0) is 6.18 Å². The summed E-state index contributed by atoms with van der Waals surface area (Å²) in [5, 5.41) is 3.74. The highest BCUT2D eigenvalue weighted by Gasteiger charge is 2.30. The second kappa shape index (κ2) is 8.64. The predicted octanol–water partition coefficient (Wildman–Crippen LogP) is 3.94. The molecule has 3 aromatic rings. The molecule has 0 atom stereocenters. The average molecular weight is 414 g/mol. The van der Waals surface area contributed by atoms with E-state index in [4.69, 9.17) is 0 Å². The molecule has 9 heteroatoms. The number of nitrogens with zero attached hydrogens (tertiary/aromatic N) is 2. The third kappa shape index (κ3) is 4.75. The number of benzene rings is 2. The zero-order valence-electron chi connectivity index (χ0n) is 15.8. The van der Waals surface area contributed by atoms with Crippen LogP contribution in [0.1, 0.15) is 26.4 Å². The Labute approximate surface area is 170 Å². The Bertz CT molecular complexity index is 1040. The standard InChI is InChI=1S/C21H17F3N4O2/c1-25-20(30)18-13-17(11-12-26-18)28(27-19(29)14-5-3-2-4-6-14)16-9-7-15(8-10-16)21(22,23)24/h2-13H,1H3,(H,25,30)(H,27,29). The van der Waals surface area contributed by atoms with Gasteiger partial charge in [-0.25, -0.2) is 0 Å². The minimum absolute atomic E-state index is 0.0841. The molecule has 0 fully saturated rings. The van der Waals surface area contributed by atoms with Crippen molar-refractivity contribution in [3.63, 3.8) is 0 Å². The zero-order valence-corrected chi connectivity index (χ0v) is 15.8. The summed E-state index contributed by atoms with van der Waals surface area (Å²) < 4.78 is 38.8. The quantitative estimate of drug-likeness (QED) is 0.620. The molecule has 0 aliphatic carbocycles. The van der Waals surface area contributed by atoms with E-state index >= 15 is 0 Å². The summed E-state index contributed by atoms with van der Waals surface area (Å²) >= 11 is 0. The number of pyridine rings is 1. The maximum atomic E-state index is 12.9. The van der Waals surface area contributed by atoms with Crippen molar-refractivity contribution >= 4 is 23.2 Å². The first-order chi connectivity index (χ1) is 14.3. The summed E-state index contributed by atoms with van der Waals surface area (Å²) in [5.41, 5.74) is 2.89. The highest BCUT2D eigenvalue weighted by Crippen LogP contribution is 2.32. The molecule has 1 heterocycles. The van der Waals surface area contributed by atoms with E-state index in [2.05, 4.69) is 15.7 Å². The van der Waals surface area contributed by atoms with Crippen LogP contribution >= 0.6 is 0 Å². The Morgan fingerprint density at radius 2 is 1.57 bits per heavy atom. The molecule has 2 aromatic carbocycles. The fourth-order valence-corrected chi connectivity index (χ4v) is 2.64. The first-order valence-electron chi connectivity index (χ1n) is 8.81. The van der Waals surface area contributed by atoms with Crippen molar-refractivity contribution in [2.24, 2.45) is 0 Å². The molecule has 0 spiro atoms. The Kier molecular flexibility index (Phi) is 6.01. The molecule has 6 nitrogen and oxygen atoms in total. The van der Waals surface area contributed by atoms with Crippen LogP contribution in [-0.4, -0.2) is 23.8 Å². The van der Waals surface area contributed by atoms with E-state index < -0.39 is 23.6 Å². The van der Waals surface area contributed by atoms with E-state index in [1.165, 1.54) is 42.5 Å². The summed E-state index contributed by atoms with van der Waals surface area (Å²) in [6.07, 6.45) is -3.12. The molecule has 30 heavy (non-hydrogen) atoms. The first kappa shape index (κ1) is 20.8. The van der Waals surface area contributed by atoms with Gasteiger partial charge in [0.1, 0.15) is 5.69 Å². The molecule has 154 valence electrons. The van der Waals surface area contributed by atoms with Gasteiger partial charge in [0.2, 0.25) is 0 Å². The Hall–Kier alpha value is -3.88. The molecule has 0 saturated carbocycles. The maximum absolute atomic E-state index is 12.9. The van der Waals surface area contributed by atoms with Gasteiger partial charge in [0.15, 0.2) is 0 Å². The van der Waals surface area contributed by atoms with Crippen molar-refractivity contribution in [2.45, 2.75) is 6.18 Å². The zero-order chi connectivity index (χ0) is 21.7. The van der Waals surface area contributed by atoms with E-state index in [9.17, 15) is 22.8 Å². The van der Waals surface area contributed by atoms with Gasteiger partial charge in [0.25, 0.3) is 11.8 Å². The van der Waals surface area contributed by atoms with Gasteiger partial charge in [-0.3, -0.25) is 25.0 Å². The number of amides is 2. The minimum atomic E-state index is -4.49. The molecule has 0 radical (unpaired) electrons. The number of carbonyl (C=O) groups excluding carboxylic acids is 2. The summed E-state index contributed by atoms with van der Waals surface area (Å²) in [6, 6.07) is 15.6. The fraction of sp³-hybridized carbons (Fsp3) is 0.0952. The van der Waals surface area contributed by atoms with Gasteiger partial charge in [-0.1, -0.05) is 18.2 Å². The van der Waals surface area contributed by atoms with Gasteiger partial charge in [0, 0.05) is 18.8 Å². The first-order valence-corrected chi connectivity index (χ1v) is 8.81. The lowest BCUT2D eigenvalue weighted by molar-refractivity contribution is -0.137. The second-order valence-corrected chi connectivity index (χ2v) is 6.17. The number of hydrogen-bond acceptors (Lipinski definition) is 4. The fourth-order valence-electron chi connectivity index (χ4n) is 2.64. The van der Waals surface area contributed by atoms with Crippen molar-refractivity contribution < 1.29 is 22.8 Å². The van der Waals surface area contributed by atoms with Gasteiger partial charge < -0.3 is 5.32 Å². The normalized spacial score (nSPS) is 10.9. The lowest BCUT2D eigenvalue weighted by Crippen LogP contribution is -2.39. The van der Waals surface area contributed by atoms with Crippen LogP contribution in [0.15, 0.2) is 72.9 Å².